The number of para-hydroxylation sites is 2. The topological polar surface area (TPSA) is 119 Å². The third kappa shape index (κ3) is 10.8. The molecule has 38 heavy (non-hydrogen) atoms. The monoisotopic (exact) mass is 537 g/mol. The standard InChI is InChI=1S/C28H43NO9/c1-8-33-23-11-9-10-12-24(23)35-17-21-15-20(13-14-34-21)25(30)36-19(4)37-26(31)22(18(2)3)16-29-27(32)38-28(5,6)7/h9-12,18-22H,8,13-17H2,1-7H3,(H,29,32)/t19?,20?,21?,22-/m0/s1. The predicted molar refractivity (Wildman–Crippen MR) is 140 cm³/mol. The first-order valence-electron chi connectivity index (χ1n) is 13.2. The van der Waals surface area contributed by atoms with E-state index in [0.717, 1.165) is 0 Å². The van der Waals surface area contributed by atoms with Crippen LogP contribution < -0.4 is 14.8 Å². The van der Waals surface area contributed by atoms with Crippen molar-refractivity contribution in [1.82, 2.24) is 5.32 Å². The molecule has 1 heterocycles. The van der Waals surface area contributed by atoms with Gasteiger partial charge in [-0.3, -0.25) is 9.59 Å². The first kappa shape index (κ1) is 31.2. The van der Waals surface area contributed by atoms with Gasteiger partial charge in [0.15, 0.2) is 11.5 Å². The van der Waals surface area contributed by atoms with Gasteiger partial charge < -0.3 is 33.7 Å². The Bertz CT molecular complexity index is 912. The van der Waals surface area contributed by atoms with E-state index in [1.165, 1.54) is 6.92 Å². The van der Waals surface area contributed by atoms with Crippen LogP contribution in [-0.4, -0.2) is 62.4 Å². The van der Waals surface area contributed by atoms with Gasteiger partial charge in [-0.1, -0.05) is 26.0 Å². The molecular weight excluding hydrogens is 494 g/mol. The molecular formula is C28H43NO9. The molecule has 0 aliphatic carbocycles. The predicted octanol–water partition coefficient (Wildman–Crippen LogP) is 4.49. The molecule has 4 atom stereocenters. The highest BCUT2D eigenvalue weighted by atomic mass is 16.7. The number of rotatable bonds is 12. The number of benzene rings is 1. The summed E-state index contributed by atoms with van der Waals surface area (Å²) in [5.41, 5.74) is -0.649. The number of nitrogens with one attached hydrogen (secondary N) is 1. The second kappa shape index (κ2) is 14.8. The zero-order valence-corrected chi connectivity index (χ0v) is 23.6. The van der Waals surface area contributed by atoms with Gasteiger partial charge in [0.1, 0.15) is 12.2 Å². The molecule has 10 heteroatoms. The quantitative estimate of drug-likeness (QED) is 0.304. The number of hydrogen-bond donors (Lipinski definition) is 1. The van der Waals surface area contributed by atoms with E-state index < -0.39 is 41.8 Å². The summed E-state index contributed by atoms with van der Waals surface area (Å²) in [6, 6.07) is 7.39. The summed E-state index contributed by atoms with van der Waals surface area (Å²) in [6.45, 7) is 13.6. The summed E-state index contributed by atoms with van der Waals surface area (Å²) in [7, 11) is 0. The number of carbonyl (C=O) groups is 3. The van der Waals surface area contributed by atoms with Crippen LogP contribution in [0.3, 0.4) is 0 Å². The zero-order chi connectivity index (χ0) is 28.3. The van der Waals surface area contributed by atoms with Crippen LogP contribution >= 0.6 is 0 Å². The van der Waals surface area contributed by atoms with Gasteiger partial charge in [0.25, 0.3) is 0 Å². The fraction of sp³-hybridized carbons (Fsp3) is 0.679. The number of alkyl carbamates (subject to hydrolysis) is 1. The molecule has 0 bridgehead atoms. The van der Waals surface area contributed by atoms with Crippen molar-refractivity contribution in [2.45, 2.75) is 79.3 Å². The summed E-state index contributed by atoms with van der Waals surface area (Å²) in [5.74, 6) is -0.918. The van der Waals surface area contributed by atoms with Crippen LogP contribution in [0.1, 0.15) is 61.3 Å². The van der Waals surface area contributed by atoms with E-state index >= 15 is 0 Å². The molecule has 1 saturated heterocycles. The van der Waals surface area contributed by atoms with Crippen molar-refractivity contribution in [3.8, 4) is 11.5 Å². The van der Waals surface area contributed by atoms with Crippen LogP contribution in [0.15, 0.2) is 24.3 Å². The third-order valence-electron chi connectivity index (χ3n) is 5.81. The Morgan fingerprint density at radius 2 is 1.71 bits per heavy atom. The highest BCUT2D eigenvalue weighted by molar-refractivity contribution is 5.75. The van der Waals surface area contributed by atoms with Crippen LogP contribution in [0.5, 0.6) is 11.5 Å². The fourth-order valence-corrected chi connectivity index (χ4v) is 3.87. The first-order chi connectivity index (χ1) is 17.9. The number of ether oxygens (including phenoxy) is 6. The minimum Gasteiger partial charge on any atom is -0.490 e. The SMILES string of the molecule is CCOc1ccccc1OCC1CC(C(=O)OC(C)OC(=O)[C@@H](CNC(=O)OC(C)(C)C)C(C)C)CCO1. The van der Waals surface area contributed by atoms with E-state index in [9.17, 15) is 14.4 Å². The summed E-state index contributed by atoms with van der Waals surface area (Å²) in [4.78, 5) is 37.5. The van der Waals surface area contributed by atoms with Gasteiger partial charge in [0, 0.05) is 20.1 Å². The average molecular weight is 538 g/mol. The van der Waals surface area contributed by atoms with Gasteiger partial charge in [-0.2, -0.15) is 0 Å². The Morgan fingerprint density at radius 1 is 1.05 bits per heavy atom. The van der Waals surface area contributed by atoms with E-state index in [1.807, 2.05) is 45.0 Å². The number of amides is 1. The highest BCUT2D eigenvalue weighted by Gasteiger charge is 2.32. The average Bonchev–Trinajstić information content (AvgIpc) is 2.82. The molecule has 1 amide bonds. The zero-order valence-electron chi connectivity index (χ0n) is 23.6. The van der Waals surface area contributed by atoms with Crippen molar-refractivity contribution < 1.29 is 42.8 Å². The minimum atomic E-state index is -1.08. The van der Waals surface area contributed by atoms with Gasteiger partial charge in [-0.25, -0.2) is 4.79 Å². The Balaban J connectivity index is 1.83. The maximum absolute atomic E-state index is 12.8. The molecule has 1 fully saturated rings. The first-order valence-corrected chi connectivity index (χ1v) is 13.2. The molecule has 1 aliphatic rings. The van der Waals surface area contributed by atoms with Gasteiger partial charge in [-0.05, 0) is 58.6 Å². The van der Waals surface area contributed by atoms with Crippen molar-refractivity contribution in [2.75, 3.05) is 26.4 Å². The van der Waals surface area contributed by atoms with E-state index in [-0.39, 0.29) is 25.2 Å². The Labute approximate surface area is 225 Å². The van der Waals surface area contributed by atoms with Gasteiger partial charge in [0.2, 0.25) is 6.29 Å². The molecule has 0 saturated carbocycles. The van der Waals surface area contributed by atoms with Crippen molar-refractivity contribution in [2.24, 2.45) is 17.8 Å². The van der Waals surface area contributed by atoms with E-state index in [0.29, 0.717) is 37.6 Å². The Morgan fingerprint density at radius 3 is 2.32 bits per heavy atom. The molecule has 10 nitrogen and oxygen atoms in total. The maximum Gasteiger partial charge on any atom is 0.407 e. The Kier molecular flexibility index (Phi) is 12.2. The van der Waals surface area contributed by atoms with Gasteiger partial charge in [-0.15, -0.1) is 0 Å². The smallest absolute Gasteiger partial charge is 0.407 e. The van der Waals surface area contributed by atoms with Crippen LogP contribution in [0.2, 0.25) is 0 Å². The summed E-state index contributed by atoms with van der Waals surface area (Å²) >= 11 is 0. The lowest BCUT2D eigenvalue weighted by atomic mass is 9.96. The van der Waals surface area contributed by atoms with Gasteiger partial charge >= 0.3 is 18.0 Å². The minimum absolute atomic E-state index is 0.0418. The third-order valence-corrected chi connectivity index (χ3v) is 5.81. The van der Waals surface area contributed by atoms with E-state index in [2.05, 4.69) is 5.32 Å². The lowest BCUT2D eigenvalue weighted by molar-refractivity contribution is -0.193. The highest BCUT2D eigenvalue weighted by Crippen LogP contribution is 2.28. The normalized spacial score (nSPS) is 19.2. The summed E-state index contributed by atoms with van der Waals surface area (Å²) in [5, 5.41) is 2.60. The van der Waals surface area contributed by atoms with Crippen molar-refractivity contribution in [3.63, 3.8) is 0 Å². The molecule has 0 aromatic heterocycles. The largest absolute Gasteiger partial charge is 0.490 e. The lowest BCUT2D eigenvalue weighted by Gasteiger charge is -2.29. The number of hydrogen-bond acceptors (Lipinski definition) is 9. The molecule has 2 rings (SSSR count). The van der Waals surface area contributed by atoms with Crippen molar-refractivity contribution in [1.29, 1.82) is 0 Å². The molecule has 0 spiro atoms. The Hall–Kier alpha value is -3.01. The second-order valence-corrected chi connectivity index (χ2v) is 10.6. The van der Waals surface area contributed by atoms with Gasteiger partial charge in [0.05, 0.1) is 24.5 Å². The number of carbonyl (C=O) groups excluding carboxylic acids is 3. The van der Waals surface area contributed by atoms with Crippen LogP contribution in [-0.2, 0) is 28.5 Å². The van der Waals surface area contributed by atoms with Crippen LogP contribution in [0.25, 0.3) is 0 Å². The summed E-state index contributed by atoms with van der Waals surface area (Å²) < 4.78 is 33.3. The van der Waals surface area contributed by atoms with E-state index in [1.54, 1.807) is 20.8 Å². The molecule has 0 radical (unpaired) electrons. The molecule has 214 valence electrons. The maximum atomic E-state index is 12.8. The van der Waals surface area contributed by atoms with Crippen molar-refractivity contribution in [3.05, 3.63) is 24.3 Å². The summed E-state index contributed by atoms with van der Waals surface area (Å²) in [6.07, 6.45) is -1.06. The molecule has 1 aromatic rings. The number of esters is 2. The van der Waals surface area contributed by atoms with E-state index in [4.69, 9.17) is 28.4 Å². The molecule has 1 N–H and O–H groups in total. The van der Waals surface area contributed by atoms with Crippen molar-refractivity contribution >= 4 is 18.0 Å². The second-order valence-electron chi connectivity index (χ2n) is 10.6. The molecule has 1 aliphatic heterocycles. The molecule has 1 aromatic carbocycles. The fourth-order valence-electron chi connectivity index (χ4n) is 3.87. The lowest BCUT2D eigenvalue weighted by Crippen LogP contribution is -2.40. The van der Waals surface area contributed by atoms with Crippen LogP contribution in [0.4, 0.5) is 4.79 Å². The molecule has 3 unspecified atom stereocenters. The van der Waals surface area contributed by atoms with Crippen LogP contribution in [0, 0.1) is 17.8 Å².